The molecule has 0 aliphatic carbocycles. The number of hydrogen-bond donors (Lipinski definition) is 3. The summed E-state index contributed by atoms with van der Waals surface area (Å²) in [5.41, 5.74) is 3.96. The maximum Gasteiger partial charge on any atom is 0.346 e. The number of nitrogens with zero attached hydrogens (tertiary/aromatic N) is 5. The van der Waals surface area contributed by atoms with Gasteiger partial charge >= 0.3 is 6.03 Å². The van der Waals surface area contributed by atoms with E-state index in [1.165, 1.54) is 17.9 Å². The molecule has 2 aromatic heterocycles. The van der Waals surface area contributed by atoms with E-state index < -0.39 is 0 Å². The molecule has 4 heterocycles. The standard InChI is InChI=1S/C30H30N8O2/c39-30(38-28(13-15-40-38)24-7-2-1-3-8-24)36-25-9-4-6-22(16-25)11-12-23-17-32-29(33-18-23)35-27-19-34-37(21-27)20-26-10-5-14-31-26/h1-4,6-9,16-19,21,26,28,31H,5,10,13-15,20H2,(H,36,39)(H,32,33,35)/t26-,28-/m0/s1. The van der Waals surface area contributed by atoms with Gasteiger partial charge in [-0.2, -0.15) is 10.2 Å². The van der Waals surface area contributed by atoms with Crippen molar-refractivity contribution in [3.8, 4) is 11.8 Å². The molecule has 4 aromatic rings. The Kier molecular flexibility index (Phi) is 7.66. The number of urea groups is 1. The van der Waals surface area contributed by atoms with Crippen LogP contribution in [0.25, 0.3) is 0 Å². The predicted molar refractivity (Wildman–Crippen MR) is 152 cm³/mol. The molecule has 0 radical (unpaired) electrons. The van der Waals surface area contributed by atoms with E-state index in [2.05, 4.69) is 42.9 Å². The first-order valence-corrected chi connectivity index (χ1v) is 13.4. The van der Waals surface area contributed by atoms with Gasteiger partial charge in [0, 0.05) is 42.3 Å². The lowest BCUT2D eigenvalue weighted by Crippen LogP contribution is -2.33. The Bertz CT molecular complexity index is 1500. The minimum absolute atomic E-state index is 0.118. The van der Waals surface area contributed by atoms with E-state index in [0.717, 1.165) is 36.3 Å². The molecule has 10 heteroatoms. The molecule has 0 unspecified atom stereocenters. The molecule has 0 bridgehead atoms. The highest BCUT2D eigenvalue weighted by Crippen LogP contribution is 2.30. The van der Waals surface area contributed by atoms with Crippen LogP contribution < -0.4 is 16.0 Å². The number of nitrogens with one attached hydrogen (secondary N) is 3. The van der Waals surface area contributed by atoms with Gasteiger partial charge < -0.3 is 16.0 Å². The zero-order valence-electron chi connectivity index (χ0n) is 22.0. The molecule has 3 N–H and O–H groups in total. The lowest BCUT2D eigenvalue weighted by molar-refractivity contribution is -0.0829. The van der Waals surface area contributed by atoms with Gasteiger partial charge in [0.15, 0.2) is 0 Å². The van der Waals surface area contributed by atoms with Crippen molar-refractivity contribution in [1.82, 2.24) is 30.1 Å². The number of aromatic nitrogens is 4. The minimum atomic E-state index is -0.311. The monoisotopic (exact) mass is 534 g/mol. The lowest BCUT2D eigenvalue weighted by atomic mass is 10.1. The third-order valence-electron chi connectivity index (χ3n) is 6.87. The summed E-state index contributed by atoms with van der Waals surface area (Å²) in [7, 11) is 0. The Labute approximate surface area is 232 Å². The number of carbonyl (C=O) groups excluding carboxylic acids is 1. The predicted octanol–water partition coefficient (Wildman–Crippen LogP) is 4.48. The molecule has 40 heavy (non-hydrogen) atoms. The Morgan fingerprint density at radius 3 is 2.67 bits per heavy atom. The summed E-state index contributed by atoms with van der Waals surface area (Å²) in [5, 5.41) is 15.4. The summed E-state index contributed by atoms with van der Waals surface area (Å²) in [6.45, 7) is 2.42. The number of benzene rings is 2. The molecule has 0 saturated carbocycles. The van der Waals surface area contributed by atoms with E-state index in [9.17, 15) is 4.79 Å². The fraction of sp³-hybridized carbons (Fsp3) is 0.267. The molecule has 2 aliphatic heterocycles. The fourth-order valence-corrected chi connectivity index (χ4v) is 4.90. The molecule has 2 amide bonds. The van der Waals surface area contributed by atoms with Crippen molar-refractivity contribution < 1.29 is 9.63 Å². The normalized spacial score (nSPS) is 18.2. The number of hydroxylamine groups is 2. The number of rotatable bonds is 6. The van der Waals surface area contributed by atoms with Crippen LogP contribution in [0.5, 0.6) is 0 Å². The van der Waals surface area contributed by atoms with Crippen molar-refractivity contribution >= 4 is 23.4 Å². The van der Waals surface area contributed by atoms with Crippen molar-refractivity contribution in [3.63, 3.8) is 0 Å². The third kappa shape index (κ3) is 6.29. The van der Waals surface area contributed by atoms with E-state index in [0.29, 0.717) is 29.8 Å². The molecule has 2 atom stereocenters. The molecule has 202 valence electrons. The number of amides is 2. The van der Waals surface area contributed by atoms with Gasteiger partial charge in [-0.25, -0.2) is 14.8 Å². The zero-order chi connectivity index (χ0) is 27.1. The first-order valence-electron chi connectivity index (χ1n) is 13.4. The topological polar surface area (TPSA) is 109 Å². The highest BCUT2D eigenvalue weighted by Gasteiger charge is 2.31. The first-order chi connectivity index (χ1) is 19.7. The lowest BCUT2D eigenvalue weighted by Gasteiger charge is -2.23. The fourth-order valence-electron chi connectivity index (χ4n) is 4.90. The summed E-state index contributed by atoms with van der Waals surface area (Å²) >= 11 is 0. The largest absolute Gasteiger partial charge is 0.346 e. The van der Waals surface area contributed by atoms with Crippen LogP contribution in [-0.2, 0) is 11.4 Å². The van der Waals surface area contributed by atoms with E-state index >= 15 is 0 Å². The summed E-state index contributed by atoms with van der Waals surface area (Å²) in [6, 6.07) is 17.3. The van der Waals surface area contributed by atoms with Gasteiger partial charge in [-0.05, 0) is 43.1 Å². The second-order valence-electron chi connectivity index (χ2n) is 9.80. The Morgan fingerprint density at radius 2 is 1.85 bits per heavy atom. The van der Waals surface area contributed by atoms with Gasteiger partial charge in [-0.15, -0.1) is 0 Å². The summed E-state index contributed by atoms with van der Waals surface area (Å²) < 4.78 is 1.93. The molecule has 2 fully saturated rings. The van der Waals surface area contributed by atoms with Crippen molar-refractivity contribution in [2.45, 2.75) is 37.9 Å². The van der Waals surface area contributed by atoms with Crippen LogP contribution in [0, 0.1) is 11.8 Å². The quantitative estimate of drug-likeness (QED) is 0.313. The maximum atomic E-state index is 13.0. The third-order valence-corrected chi connectivity index (χ3v) is 6.87. The van der Waals surface area contributed by atoms with Crippen molar-refractivity contribution in [2.75, 3.05) is 23.8 Å². The summed E-state index contributed by atoms with van der Waals surface area (Å²) in [6.07, 6.45) is 10.2. The average molecular weight is 535 g/mol. The highest BCUT2D eigenvalue weighted by molar-refractivity contribution is 5.89. The molecular formula is C30H30N8O2. The second-order valence-corrected chi connectivity index (χ2v) is 9.80. The van der Waals surface area contributed by atoms with Crippen LogP contribution in [0.2, 0.25) is 0 Å². The van der Waals surface area contributed by atoms with E-state index in [4.69, 9.17) is 4.84 Å². The van der Waals surface area contributed by atoms with Gasteiger partial charge in [0.1, 0.15) is 0 Å². The van der Waals surface area contributed by atoms with Gasteiger partial charge in [-0.3, -0.25) is 9.52 Å². The van der Waals surface area contributed by atoms with E-state index in [-0.39, 0.29) is 12.1 Å². The Morgan fingerprint density at radius 1 is 1.00 bits per heavy atom. The highest BCUT2D eigenvalue weighted by atomic mass is 16.7. The zero-order valence-corrected chi connectivity index (χ0v) is 22.0. The van der Waals surface area contributed by atoms with Crippen LogP contribution in [-0.4, -0.2) is 50.0 Å². The van der Waals surface area contributed by atoms with Crippen molar-refractivity contribution in [1.29, 1.82) is 0 Å². The molecular weight excluding hydrogens is 504 g/mol. The Hall–Kier alpha value is -4.72. The SMILES string of the molecule is O=C(Nc1cccc(C#Cc2cnc(Nc3cnn(C[C@@H]4CCCN4)c3)nc2)c1)N1OCC[C@H]1c1ccccc1. The van der Waals surface area contributed by atoms with Crippen LogP contribution in [0.4, 0.5) is 22.1 Å². The number of carbonyl (C=O) groups is 1. The van der Waals surface area contributed by atoms with E-state index in [1.807, 2.05) is 65.5 Å². The van der Waals surface area contributed by atoms with E-state index in [1.54, 1.807) is 18.6 Å². The van der Waals surface area contributed by atoms with Crippen LogP contribution in [0.3, 0.4) is 0 Å². The number of anilines is 3. The maximum absolute atomic E-state index is 13.0. The molecule has 2 aromatic carbocycles. The van der Waals surface area contributed by atoms with Gasteiger partial charge in [0.25, 0.3) is 0 Å². The van der Waals surface area contributed by atoms with Gasteiger partial charge in [0.05, 0.1) is 36.6 Å². The van der Waals surface area contributed by atoms with Crippen LogP contribution >= 0.6 is 0 Å². The first kappa shape index (κ1) is 25.6. The summed E-state index contributed by atoms with van der Waals surface area (Å²) in [4.78, 5) is 27.3. The smallest absolute Gasteiger partial charge is 0.321 e. The Balaban J connectivity index is 1.05. The second kappa shape index (κ2) is 12.0. The summed E-state index contributed by atoms with van der Waals surface area (Å²) in [5.74, 6) is 6.68. The van der Waals surface area contributed by atoms with Crippen molar-refractivity contribution in [3.05, 3.63) is 96.1 Å². The molecule has 2 aliphatic rings. The minimum Gasteiger partial charge on any atom is -0.321 e. The average Bonchev–Trinajstić information content (AvgIpc) is 3.77. The number of hydrogen-bond acceptors (Lipinski definition) is 7. The molecule has 0 spiro atoms. The molecule has 10 nitrogen and oxygen atoms in total. The van der Waals surface area contributed by atoms with Gasteiger partial charge in [0.2, 0.25) is 5.95 Å². The van der Waals surface area contributed by atoms with Gasteiger partial charge in [-0.1, -0.05) is 48.2 Å². The molecule has 2 saturated heterocycles. The van der Waals surface area contributed by atoms with Crippen molar-refractivity contribution in [2.24, 2.45) is 0 Å². The van der Waals surface area contributed by atoms with Crippen LogP contribution in [0.15, 0.2) is 79.4 Å². The van der Waals surface area contributed by atoms with Crippen LogP contribution in [0.1, 0.15) is 42.0 Å². The molecule has 6 rings (SSSR count).